The Hall–Kier alpha value is -5.74. The van der Waals surface area contributed by atoms with Crippen LogP contribution < -0.4 is 21.7 Å². The van der Waals surface area contributed by atoms with E-state index in [4.69, 9.17) is 5.73 Å². The van der Waals surface area contributed by atoms with E-state index in [1.807, 2.05) is 55.7 Å². The molecule has 3 aromatic rings. The molecular weight excluding hydrogens is 752 g/mol. The highest BCUT2D eigenvalue weighted by atomic mass is 19.1. The molecule has 2 aromatic carbocycles. The first-order chi connectivity index (χ1) is 27.6. The van der Waals surface area contributed by atoms with E-state index in [0.29, 0.717) is 37.1 Å². The van der Waals surface area contributed by atoms with Crippen molar-refractivity contribution in [1.82, 2.24) is 30.3 Å². The van der Waals surface area contributed by atoms with Crippen molar-refractivity contribution < 1.29 is 42.7 Å². The first-order valence-electron chi connectivity index (χ1n) is 19.3. The van der Waals surface area contributed by atoms with E-state index in [0.717, 1.165) is 40.8 Å². The van der Waals surface area contributed by atoms with Gasteiger partial charge in [-0.05, 0) is 54.5 Å². The van der Waals surface area contributed by atoms with Crippen LogP contribution in [0.2, 0.25) is 0 Å². The first-order valence-corrected chi connectivity index (χ1v) is 19.3. The third-order valence-electron chi connectivity index (χ3n) is 10.4. The van der Waals surface area contributed by atoms with Gasteiger partial charge < -0.3 is 36.3 Å². The lowest BCUT2D eigenvalue weighted by Gasteiger charge is -2.41. The minimum absolute atomic E-state index is 0.00287. The molecule has 1 saturated carbocycles. The minimum Gasteiger partial charge on any atom is -0.387 e. The second kappa shape index (κ2) is 19.1. The summed E-state index contributed by atoms with van der Waals surface area (Å²) >= 11 is 0. The van der Waals surface area contributed by atoms with Gasteiger partial charge in [-0.3, -0.25) is 33.7 Å². The molecule has 310 valence electrons. The molecule has 14 nitrogen and oxygen atoms in total. The van der Waals surface area contributed by atoms with E-state index in [1.165, 1.54) is 4.90 Å². The maximum atomic E-state index is 15.1. The molecule has 2 aliphatic rings. The predicted molar refractivity (Wildman–Crippen MR) is 210 cm³/mol. The van der Waals surface area contributed by atoms with Gasteiger partial charge >= 0.3 is 0 Å². The Labute approximate surface area is 335 Å². The van der Waals surface area contributed by atoms with Crippen molar-refractivity contribution in [2.24, 2.45) is 17.1 Å². The van der Waals surface area contributed by atoms with Crippen LogP contribution in [0.4, 0.5) is 8.78 Å². The molecule has 0 radical (unpaired) electrons. The number of benzene rings is 2. The molecule has 0 unspecified atom stereocenters. The fourth-order valence-corrected chi connectivity index (χ4v) is 7.55. The molecule has 6 N–H and O–H groups in total. The number of amides is 6. The number of nitrogens with zero attached hydrogens (tertiary/aromatic N) is 3. The van der Waals surface area contributed by atoms with E-state index >= 15 is 4.39 Å². The smallest absolute Gasteiger partial charge is 0.254 e. The van der Waals surface area contributed by atoms with Gasteiger partial charge in [-0.25, -0.2) is 8.78 Å². The Balaban J connectivity index is 1.25. The van der Waals surface area contributed by atoms with E-state index in [-0.39, 0.29) is 37.5 Å². The van der Waals surface area contributed by atoms with Gasteiger partial charge in [0.1, 0.15) is 24.8 Å². The van der Waals surface area contributed by atoms with Crippen LogP contribution in [-0.2, 0) is 35.3 Å². The van der Waals surface area contributed by atoms with Gasteiger partial charge in [0, 0.05) is 67.4 Å². The molecule has 2 heterocycles. The van der Waals surface area contributed by atoms with Crippen molar-refractivity contribution in [2.45, 2.75) is 71.1 Å². The molecule has 1 aliphatic carbocycles. The van der Waals surface area contributed by atoms with Crippen LogP contribution in [0.15, 0.2) is 72.9 Å². The zero-order valence-electron chi connectivity index (χ0n) is 32.9. The van der Waals surface area contributed by atoms with Crippen LogP contribution in [0.5, 0.6) is 0 Å². The van der Waals surface area contributed by atoms with Gasteiger partial charge in [0.2, 0.25) is 23.6 Å². The number of rotatable bonds is 17. The van der Waals surface area contributed by atoms with E-state index in [1.54, 1.807) is 12.3 Å². The molecular formula is C42H51F2N7O7. The Morgan fingerprint density at radius 3 is 2.33 bits per heavy atom. The van der Waals surface area contributed by atoms with Crippen LogP contribution in [0.1, 0.15) is 63.8 Å². The number of halogens is 2. The van der Waals surface area contributed by atoms with Crippen LogP contribution in [0, 0.1) is 23.0 Å². The number of aliphatic hydroxyl groups excluding tert-OH is 1. The molecule has 1 fully saturated rings. The zero-order chi connectivity index (χ0) is 42.1. The quantitative estimate of drug-likeness (QED) is 0.101. The van der Waals surface area contributed by atoms with Gasteiger partial charge in [-0.15, -0.1) is 0 Å². The fourth-order valence-electron chi connectivity index (χ4n) is 7.55. The third-order valence-corrected chi connectivity index (χ3v) is 10.4. The fraction of sp³-hybridized carbons (Fsp3) is 0.429. The standard InChI is InChI=1S/C42H51F2N7O7/c1-42(2,3)39(34-20-27(30-21-28(43)12-13-31(30)44)23-49(34)22-26-8-5-4-6-9-26)50(38(56)25-52)19-16-32(45)41(58)48-33-11-7-10-29(33)40(57)47-18-17-46-35(53)24-51-36(54)14-15-37(51)55/h4-6,8-9,12-15,20-21,23,29,32-33,39,52H,7,10-11,16-19,22,24-25,45H2,1-3H3,(H,46,53)(H,47,57)(H,48,58)/t29-,32+,33+,39+/m1/s1. The number of aliphatic hydroxyl groups is 1. The first kappa shape index (κ1) is 43.4. The molecule has 4 atom stereocenters. The molecule has 5 rings (SSSR count). The number of hydrogen-bond donors (Lipinski definition) is 5. The SMILES string of the molecule is CC(C)(C)[C@H](c1cc(-c2cc(F)ccc2F)cn1Cc1ccccc1)N(CC[C@H](N)C(=O)N[C@H]1CCC[C@H]1C(=O)NCCNC(=O)CN1C(=O)C=CC1=O)C(=O)CO. The lowest BCUT2D eigenvalue weighted by molar-refractivity contribution is -0.141. The number of aromatic nitrogens is 1. The summed E-state index contributed by atoms with van der Waals surface area (Å²) in [6, 6.07) is 12.1. The van der Waals surface area contributed by atoms with Crippen molar-refractivity contribution in [3.05, 3.63) is 95.8 Å². The third kappa shape index (κ3) is 10.8. The lowest BCUT2D eigenvalue weighted by atomic mass is 9.82. The van der Waals surface area contributed by atoms with Gasteiger partial charge in [-0.2, -0.15) is 0 Å². The number of carbonyl (C=O) groups is 6. The van der Waals surface area contributed by atoms with Crippen LogP contribution in [0.3, 0.4) is 0 Å². The minimum atomic E-state index is -1.09. The van der Waals surface area contributed by atoms with Gasteiger partial charge in [0.05, 0.1) is 18.0 Å². The summed E-state index contributed by atoms with van der Waals surface area (Å²) in [4.78, 5) is 77.9. The second-order valence-corrected chi connectivity index (χ2v) is 15.7. The average molecular weight is 804 g/mol. The van der Waals surface area contributed by atoms with Crippen molar-refractivity contribution in [3.8, 4) is 11.1 Å². The van der Waals surface area contributed by atoms with E-state index < -0.39 is 83.8 Å². The van der Waals surface area contributed by atoms with E-state index in [2.05, 4.69) is 16.0 Å². The molecule has 0 saturated heterocycles. The topological polar surface area (TPSA) is 196 Å². The number of nitrogens with two attached hydrogens (primary N) is 1. The maximum absolute atomic E-state index is 15.1. The number of hydrogen-bond acceptors (Lipinski definition) is 8. The predicted octanol–water partition coefficient (Wildman–Crippen LogP) is 2.55. The summed E-state index contributed by atoms with van der Waals surface area (Å²) in [5, 5.41) is 18.4. The molecule has 6 amide bonds. The van der Waals surface area contributed by atoms with E-state index in [9.17, 15) is 38.3 Å². The molecule has 16 heteroatoms. The van der Waals surface area contributed by atoms with Gasteiger partial charge in [0.25, 0.3) is 11.8 Å². The summed E-state index contributed by atoms with van der Waals surface area (Å²) in [7, 11) is 0. The zero-order valence-corrected chi connectivity index (χ0v) is 32.9. The van der Waals surface area contributed by atoms with Crippen molar-refractivity contribution >= 4 is 35.4 Å². The monoisotopic (exact) mass is 803 g/mol. The van der Waals surface area contributed by atoms with Crippen molar-refractivity contribution in [3.63, 3.8) is 0 Å². The van der Waals surface area contributed by atoms with Crippen LogP contribution in [0.25, 0.3) is 11.1 Å². The molecule has 1 aromatic heterocycles. The van der Waals surface area contributed by atoms with Crippen molar-refractivity contribution in [2.75, 3.05) is 32.8 Å². The Morgan fingerprint density at radius 2 is 1.66 bits per heavy atom. The summed E-state index contributed by atoms with van der Waals surface area (Å²) in [6.07, 6.45) is 5.61. The normalized spacial score (nSPS) is 17.6. The number of imide groups is 1. The molecule has 0 spiro atoms. The maximum Gasteiger partial charge on any atom is 0.254 e. The largest absolute Gasteiger partial charge is 0.387 e. The van der Waals surface area contributed by atoms with Crippen LogP contribution >= 0.6 is 0 Å². The molecule has 0 bridgehead atoms. The summed E-state index contributed by atoms with van der Waals surface area (Å²) < 4.78 is 31.3. The average Bonchev–Trinajstić information content (AvgIpc) is 3.91. The van der Waals surface area contributed by atoms with Gasteiger partial charge in [-0.1, -0.05) is 57.5 Å². The Morgan fingerprint density at radius 1 is 0.966 bits per heavy atom. The van der Waals surface area contributed by atoms with Crippen molar-refractivity contribution in [1.29, 1.82) is 0 Å². The summed E-state index contributed by atoms with van der Waals surface area (Å²) in [5.74, 6) is -4.93. The second-order valence-electron chi connectivity index (χ2n) is 15.7. The number of nitrogens with one attached hydrogen (secondary N) is 3. The van der Waals surface area contributed by atoms with Gasteiger partial charge in [0.15, 0.2) is 0 Å². The Kier molecular flexibility index (Phi) is 14.3. The lowest BCUT2D eigenvalue weighted by Crippen LogP contribution is -2.51. The highest BCUT2D eigenvalue weighted by molar-refractivity contribution is 6.14. The highest BCUT2D eigenvalue weighted by Gasteiger charge is 2.39. The summed E-state index contributed by atoms with van der Waals surface area (Å²) in [5.41, 5.74) is 7.72. The molecule has 1 aliphatic heterocycles. The van der Waals surface area contributed by atoms with Crippen LogP contribution in [-0.4, -0.2) is 99.8 Å². The summed E-state index contributed by atoms with van der Waals surface area (Å²) in [6.45, 7) is 4.94. The highest BCUT2D eigenvalue weighted by Crippen LogP contribution is 2.41. The molecule has 58 heavy (non-hydrogen) atoms. The number of carbonyl (C=O) groups excluding carboxylic acids is 6. The Bertz CT molecular complexity index is 2010.